The predicted octanol–water partition coefficient (Wildman–Crippen LogP) is 4.77. The summed E-state index contributed by atoms with van der Waals surface area (Å²) in [7, 11) is 0. The maximum Gasteiger partial charge on any atom is 0.107 e. The molecule has 3 saturated carbocycles. The van der Waals surface area contributed by atoms with Gasteiger partial charge in [0.2, 0.25) is 0 Å². The Morgan fingerprint density at radius 1 is 1.09 bits per heavy atom. The molecule has 0 spiro atoms. The Morgan fingerprint density at radius 2 is 1.83 bits per heavy atom. The predicted molar refractivity (Wildman–Crippen MR) is 139 cm³/mol. The van der Waals surface area contributed by atoms with Crippen molar-refractivity contribution in [1.29, 1.82) is 0 Å². The highest BCUT2D eigenvalue weighted by molar-refractivity contribution is 5.40. The van der Waals surface area contributed by atoms with Crippen molar-refractivity contribution in [1.82, 2.24) is 0 Å². The summed E-state index contributed by atoms with van der Waals surface area (Å²) in [5.41, 5.74) is 2.13. The highest BCUT2D eigenvalue weighted by Gasteiger charge is 2.60. The summed E-state index contributed by atoms with van der Waals surface area (Å²) < 4.78 is 6.24. The first-order chi connectivity index (χ1) is 16.4. The molecule has 35 heavy (non-hydrogen) atoms. The van der Waals surface area contributed by atoms with Crippen LogP contribution in [0.1, 0.15) is 92.4 Å². The Balaban J connectivity index is 1.56. The second-order valence-electron chi connectivity index (χ2n) is 13.3. The number of fused-ring (bicyclic) bond motifs is 5. The van der Waals surface area contributed by atoms with Gasteiger partial charge in [-0.05, 0) is 87.9 Å². The summed E-state index contributed by atoms with van der Waals surface area (Å²) in [6.45, 7) is 11.5. The maximum atomic E-state index is 11.0. The van der Waals surface area contributed by atoms with Crippen molar-refractivity contribution in [3.8, 4) is 0 Å². The molecule has 4 N–H and O–H groups in total. The molecule has 4 aliphatic carbocycles. The average Bonchev–Trinajstić information content (AvgIpc) is 3.14. The van der Waals surface area contributed by atoms with E-state index in [-0.39, 0.29) is 17.4 Å². The summed E-state index contributed by atoms with van der Waals surface area (Å²) >= 11 is 0. The third-order valence-corrected chi connectivity index (χ3v) is 10.5. The summed E-state index contributed by atoms with van der Waals surface area (Å²) in [6, 6.07) is 0. The second-order valence-corrected chi connectivity index (χ2v) is 13.3. The van der Waals surface area contributed by atoms with Gasteiger partial charge in [0.25, 0.3) is 0 Å². The topological polar surface area (TPSA) is 90.2 Å². The molecule has 5 nitrogen and oxygen atoms in total. The molecular weight excluding hydrogens is 440 g/mol. The first-order valence-electron chi connectivity index (χ1n) is 14.2. The van der Waals surface area contributed by atoms with Gasteiger partial charge in [-0.25, -0.2) is 0 Å². The molecule has 0 aromatic rings. The quantitative estimate of drug-likeness (QED) is 0.350. The van der Waals surface area contributed by atoms with Crippen molar-refractivity contribution >= 4 is 0 Å². The summed E-state index contributed by atoms with van der Waals surface area (Å²) in [5, 5.41) is 41.0. The Kier molecular flexibility index (Phi) is 7.97. The molecule has 0 heterocycles. The van der Waals surface area contributed by atoms with Crippen LogP contribution >= 0.6 is 0 Å². The van der Waals surface area contributed by atoms with Gasteiger partial charge >= 0.3 is 0 Å². The third-order valence-electron chi connectivity index (χ3n) is 10.5. The van der Waals surface area contributed by atoms with Crippen LogP contribution in [-0.2, 0) is 4.74 Å². The SMILES string of the molecule is C[C@H](CCCC(C)(C)O)[C@H]1CC[C@H]2C3=CC=C4C[C@@H](O)[C@H](O)[C@@H](OCCCO)[C@]4(C)[C@H]3CC[C@]12C. The van der Waals surface area contributed by atoms with Gasteiger partial charge in [-0.1, -0.05) is 56.9 Å². The van der Waals surface area contributed by atoms with Crippen molar-refractivity contribution in [3.63, 3.8) is 0 Å². The molecule has 0 aromatic carbocycles. The molecule has 4 rings (SSSR count). The summed E-state index contributed by atoms with van der Waals surface area (Å²) in [5.74, 6) is 2.23. The normalized spacial score (nSPS) is 42.0. The van der Waals surface area contributed by atoms with Crippen molar-refractivity contribution < 1.29 is 25.2 Å². The van der Waals surface area contributed by atoms with Gasteiger partial charge in [0, 0.05) is 18.6 Å². The van der Waals surface area contributed by atoms with E-state index < -0.39 is 23.9 Å². The zero-order chi connectivity index (χ0) is 25.6. The van der Waals surface area contributed by atoms with E-state index in [0.717, 1.165) is 19.3 Å². The van der Waals surface area contributed by atoms with Crippen LogP contribution in [0.15, 0.2) is 23.3 Å². The van der Waals surface area contributed by atoms with Crippen molar-refractivity contribution in [2.24, 2.45) is 34.5 Å². The van der Waals surface area contributed by atoms with Crippen LogP contribution in [0.3, 0.4) is 0 Å². The Morgan fingerprint density at radius 3 is 2.51 bits per heavy atom. The lowest BCUT2D eigenvalue weighted by Crippen LogP contribution is -2.59. The minimum Gasteiger partial charge on any atom is -0.396 e. The molecule has 9 atom stereocenters. The zero-order valence-corrected chi connectivity index (χ0v) is 22.7. The van der Waals surface area contributed by atoms with Gasteiger partial charge in [-0.15, -0.1) is 0 Å². The third kappa shape index (κ3) is 4.93. The first-order valence-corrected chi connectivity index (χ1v) is 14.2. The molecular formula is C30H50O5. The van der Waals surface area contributed by atoms with Crippen LogP contribution in [0.5, 0.6) is 0 Å². The lowest BCUT2D eigenvalue weighted by molar-refractivity contribution is -0.164. The molecule has 200 valence electrons. The van der Waals surface area contributed by atoms with E-state index in [4.69, 9.17) is 4.74 Å². The molecule has 5 heteroatoms. The molecule has 0 aromatic heterocycles. The summed E-state index contributed by atoms with van der Waals surface area (Å²) in [4.78, 5) is 0. The van der Waals surface area contributed by atoms with Gasteiger partial charge in [0.05, 0.1) is 17.8 Å². The standard InChI is InChI=1S/C30H50O5/c1-19(8-6-14-28(2,3)34)22-11-12-23-21-10-9-20-18-25(32)26(33)27(35-17-7-16-31)30(20,5)24(21)13-15-29(22,23)4/h9-10,19,22-27,31-34H,6-8,11-18H2,1-5H3/t19-,22-,23+,24+,25-,26+,27-,29-,30+/m1/s1. The van der Waals surface area contributed by atoms with Gasteiger partial charge in [-0.3, -0.25) is 0 Å². The molecule has 3 fully saturated rings. The average molecular weight is 491 g/mol. The van der Waals surface area contributed by atoms with Crippen molar-refractivity contribution in [3.05, 3.63) is 23.3 Å². The first kappa shape index (κ1) is 27.3. The highest BCUT2D eigenvalue weighted by Crippen LogP contribution is 2.66. The van der Waals surface area contributed by atoms with Gasteiger partial charge < -0.3 is 25.2 Å². The van der Waals surface area contributed by atoms with Gasteiger partial charge in [-0.2, -0.15) is 0 Å². The van der Waals surface area contributed by atoms with Crippen LogP contribution < -0.4 is 0 Å². The molecule has 0 amide bonds. The van der Waals surface area contributed by atoms with E-state index in [1.807, 2.05) is 13.8 Å². The van der Waals surface area contributed by atoms with E-state index in [1.54, 1.807) is 0 Å². The highest BCUT2D eigenvalue weighted by atomic mass is 16.5. The molecule has 0 bridgehead atoms. The van der Waals surface area contributed by atoms with E-state index >= 15 is 0 Å². The lowest BCUT2D eigenvalue weighted by atomic mass is 9.49. The zero-order valence-electron chi connectivity index (χ0n) is 22.7. The van der Waals surface area contributed by atoms with Crippen LogP contribution in [0.25, 0.3) is 0 Å². The van der Waals surface area contributed by atoms with E-state index in [0.29, 0.717) is 43.1 Å². The van der Waals surface area contributed by atoms with Gasteiger partial charge in [0.15, 0.2) is 0 Å². The number of rotatable bonds is 9. The summed E-state index contributed by atoms with van der Waals surface area (Å²) in [6.07, 6.45) is 11.3. The largest absolute Gasteiger partial charge is 0.396 e. The van der Waals surface area contributed by atoms with Crippen LogP contribution in [0.2, 0.25) is 0 Å². The van der Waals surface area contributed by atoms with Crippen molar-refractivity contribution in [2.45, 2.75) is 116 Å². The Hall–Kier alpha value is -0.720. The van der Waals surface area contributed by atoms with E-state index in [2.05, 4.69) is 32.9 Å². The maximum absolute atomic E-state index is 11.0. The number of hydrogen-bond donors (Lipinski definition) is 4. The van der Waals surface area contributed by atoms with Crippen molar-refractivity contribution in [2.75, 3.05) is 13.2 Å². The fourth-order valence-corrected chi connectivity index (χ4v) is 8.62. The number of hydrogen-bond acceptors (Lipinski definition) is 5. The molecule has 0 radical (unpaired) electrons. The molecule has 0 aliphatic heterocycles. The molecule has 0 unspecified atom stereocenters. The Bertz CT molecular complexity index is 812. The molecule has 0 saturated heterocycles. The number of aliphatic hydroxyl groups is 4. The lowest BCUT2D eigenvalue weighted by Gasteiger charge is -2.58. The van der Waals surface area contributed by atoms with Crippen LogP contribution in [-0.4, -0.2) is 57.6 Å². The number of allylic oxidation sites excluding steroid dienone is 3. The fourth-order valence-electron chi connectivity index (χ4n) is 8.62. The monoisotopic (exact) mass is 490 g/mol. The fraction of sp³-hybridized carbons (Fsp3) is 0.867. The number of ether oxygens (including phenoxy) is 1. The Labute approximate surface area is 212 Å². The van der Waals surface area contributed by atoms with Crippen LogP contribution in [0, 0.1) is 34.5 Å². The smallest absolute Gasteiger partial charge is 0.107 e. The van der Waals surface area contributed by atoms with Gasteiger partial charge in [0.1, 0.15) is 6.10 Å². The molecule has 4 aliphatic rings. The number of aliphatic hydroxyl groups excluding tert-OH is 3. The minimum absolute atomic E-state index is 0.0646. The van der Waals surface area contributed by atoms with E-state index in [1.165, 1.54) is 36.8 Å². The van der Waals surface area contributed by atoms with E-state index in [9.17, 15) is 20.4 Å². The van der Waals surface area contributed by atoms with Crippen LogP contribution in [0.4, 0.5) is 0 Å². The second kappa shape index (κ2) is 10.2. The minimum atomic E-state index is -0.907.